The molecule has 0 aliphatic heterocycles. The van der Waals surface area contributed by atoms with Gasteiger partial charge in [0, 0.05) is 0 Å². The van der Waals surface area contributed by atoms with Gasteiger partial charge in [0.1, 0.15) is 0 Å². The van der Waals surface area contributed by atoms with Gasteiger partial charge in [-0.1, -0.05) is 24.8 Å². The molecule has 0 amide bonds. The number of nitrogens with one attached hydrogen (secondary N) is 1. The van der Waals surface area contributed by atoms with Crippen molar-refractivity contribution in [1.82, 2.24) is 9.78 Å². The van der Waals surface area contributed by atoms with Gasteiger partial charge < -0.3 is 4.85 Å². The molecule has 29 heavy (non-hydrogen) atoms. The predicted molar refractivity (Wildman–Crippen MR) is 109 cm³/mol. The van der Waals surface area contributed by atoms with Crippen molar-refractivity contribution in [2.24, 2.45) is 15.4 Å². The van der Waals surface area contributed by atoms with E-state index in [1.54, 1.807) is 26.0 Å². The van der Waals surface area contributed by atoms with Gasteiger partial charge in [-0.05, 0) is 55.7 Å². The van der Waals surface area contributed by atoms with Crippen molar-refractivity contribution >= 4 is 27.2 Å². The zero-order valence-corrected chi connectivity index (χ0v) is 16.8. The minimum absolute atomic E-state index is 0.000602. The van der Waals surface area contributed by atoms with Crippen molar-refractivity contribution in [2.75, 3.05) is 0 Å². The quantitative estimate of drug-likeness (QED) is 0.503. The van der Waals surface area contributed by atoms with E-state index in [4.69, 9.17) is 11.7 Å². The number of rotatable bonds is 4. The second kappa shape index (κ2) is 7.46. The van der Waals surface area contributed by atoms with Crippen LogP contribution in [0.15, 0.2) is 56.3 Å². The number of aryl methyl sites for hydroxylation is 3. The topological polar surface area (TPSA) is 127 Å². The van der Waals surface area contributed by atoms with Crippen LogP contribution in [0.5, 0.6) is 0 Å². The van der Waals surface area contributed by atoms with Crippen molar-refractivity contribution in [3.63, 3.8) is 0 Å². The number of benzene rings is 2. The van der Waals surface area contributed by atoms with Gasteiger partial charge in [0.15, 0.2) is 5.69 Å². The van der Waals surface area contributed by atoms with E-state index < -0.39 is 15.6 Å². The maximum absolute atomic E-state index is 12.8. The van der Waals surface area contributed by atoms with Gasteiger partial charge in [-0.3, -0.25) is 4.79 Å². The molecular weight excluding hydrogens is 392 g/mol. The van der Waals surface area contributed by atoms with Gasteiger partial charge >= 0.3 is 5.56 Å². The number of nitrogens with zero attached hydrogens (tertiary/aromatic N) is 4. The van der Waals surface area contributed by atoms with Crippen LogP contribution in [0.3, 0.4) is 0 Å². The van der Waals surface area contributed by atoms with E-state index in [1.165, 1.54) is 16.8 Å². The number of aromatic amines is 1. The third kappa shape index (κ3) is 3.87. The SMILES string of the molecule is [C-]#[N+]c1[nH]n(-c2ccccc2C)c(=O)c1N=Nc1cc(C)c(S(N)(=O)=O)cc1C. The van der Waals surface area contributed by atoms with Crippen LogP contribution in [0.4, 0.5) is 17.2 Å². The first-order valence-electron chi connectivity index (χ1n) is 8.47. The Balaban J connectivity index is 2.09. The molecule has 0 aliphatic carbocycles. The standard InChI is InChI=1S/C19H18N6O3S/c1-11-7-5-6-8-15(11)25-19(26)17(18(21-4)24-25)23-22-14-9-13(3)16(10-12(14)2)29(20,27)28/h5-10,24H,1-3H3,(H2,20,27,28). The Morgan fingerprint density at radius 1 is 1.07 bits per heavy atom. The summed E-state index contributed by atoms with van der Waals surface area (Å²) in [6, 6.07) is 10.1. The van der Waals surface area contributed by atoms with Crippen molar-refractivity contribution in [1.29, 1.82) is 0 Å². The summed E-state index contributed by atoms with van der Waals surface area (Å²) in [6.45, 7) is 12.4. The molecule has 0 saturated carbocycles. The second-order valence-electron chi connectivity index (χ2n) is 6.50. The number of azo groups is 1. The summed E-state index contributed by atoms with van der Waals surface area (Å²) >= 11 is 0. The zero-order chi connectivity index (χ0) is 21.3. The van der Waals surface area contributed by atoms with Crippen LogP contribution in [0.25, 0.3) is 10.5 Å². The first kappa shape index (κ1) is 20.2. The Morgan fingerprint density at radius 3 is 2.38 bits per heavy atom. The fourth-order valence-corrected chi connectivity index (χ4v) is 3.71. The highest BCUT2D eigenvalue weighted by atomic mass is 32.2. The molecule has 0 atom stereocenters. The Morgan fingerprint density at radius 2 is 1.76 bits per heavy atom. The number of hydrogen-bond donors (Lipinski definition) is 2. The van der Waals surface area contributed by atoms with E-state index in [2.05, 4.69) is 20.2 Å². The lowest BCUT2D eigenvalue weighted by molar-refractivity contribution is 0.597. The molecule has 1 aromatic heterocycles. The largest absolute Gasteiger partial charge is 0.360 e. The van der Waals surface area contributed by atoms with Crippen LogP contribution < -0.4 is 10.7 Å². The van der Waals surface area contributed by atoms with E-state index in [0.717, 1.165) is 5.56 Å². The summed E-state index contributed by atoms with van der Waals surface area (Å²) in [5.74, 6) is -0.0439. The summed E-state index contributed by atoms with van der Waals surface area (Å²) in [4.78, 5) is 16.1. The fourth-order valence-electron chi connectivity index (χ4n) is 2.86. The highest BCUT2D eigenvalue weighted by Crippen LogP contribution is 2.29. The van der Waals surface area contributed by atoms with E-state index >= 15 is 0 Å². The molecule has 0 unspecified atom stereocenters. The van der Waals surface area contributed by atoms with Crippen LogP contribution >= 0.6 is 0 Å². The van der Waals surface area contributed by atoms with Crippen LogP contribution in [0.2, 0.25) is 0 Å². The molecule has 0 bridgehead atoms. The number of para-hydroxylation sites is 1. The van der Waals surface area contributed by atoms with Crippen LogP contribution in [-0.4, -0.2) is 18.2 Å². The number of sulfonamides is 1. The minimum atomic E-state index is -3.86. The number of hydrogen-bond acceptors (Lipinski definition) is 5. The molecule has 0 aliphatic rings. The molecular formula is C19H18N6O3S. The number of H-pyrrole nitrogens is 1. The summed E-state index contributed by atoms with van der Waals surface area (Å²) in [5, 5.41) is 16.0. The average Bonchev–Trinajstić information content (AvgIpc) is 2.97. The summed E-state index contributed by atoms with van der Waals surface area (Å²) in [5.41, 5.74) is 2.11. The molecule has 3 N–H and O–H groups in total. The minimum Gasteiger partial charge on any atom is -0.360 e. The lowest BCUT2D eigenvalue weighted by atomic mass is 10.1. The molecule has 3 rings (SSSR count). The lowest BCUT2D eigenvalue weighted by Gasteiger charge is -2.06. The Bertz CT molecular complexity index is 1340. The van der Waals surface area contributed by atoms with Crippen molar-refractivity contribution in [2.45, 2.75) is 25.7 Å². The van der Waals surface area contributed by atoms with Crippen LogP contribution in [0, 0.1) is 27.3 Å². The molecule has 3 aromatic rings. The molecule has 0 spiro atoms. The fraction of sp³-hybridized carbons (Fsp3) is 0.158. The van der Waals surface area contributed by atoms with E-state index in [-0.39, 0.29) is 16.4 Å². The highest BCUT2D eigenvalue weighted by Gasteiger charge is 2.18. The lowest BCUT2D eigenvalue weighted by Crippen LogP contribution is -2.15. The van der Waals surface area contributed by atoms with Crippen molar-refractivity contribution < 1.29 is 8.42 Å². The molecule has 9 nitrogen and oxygen atoms in total. The Labute approximate surface area is 167 Å². The van der Waals surface area contributed by atoms with Gasteiger partial charge in [0.05, 0.1) is 16.3 Å². The molecule has 2 aromatic carbocycles. The second-order valence-corrected chi connectivity index (χ2v) is 8.03. The third-order valence-electron chi connectivity index (χ3n) is 4.37. The number of aromatic nitrogens is 2. The van der Waals surface area contributed by atoms with E-state index in [0.29, 0.717) is 22.5 Å². The average molecular weight is 410 g/mol. The number of nitrogens with two attached hydrogens (primary N) is 1. The molecule has 0 saturated heterocycles. The van der Waals surface area contributed by atoms with Crippen molar-refractivity contribution in [3.8, 4) is 5.69 Å². The zero-order valence-electron chi connectivity index (χ0n) is 16.0. The third-order valence-corrected chi connectivity index (χ3v) is 5.43. The van der Waals surface area contributed by atoms with Crippen molar-refractivity contribution in [3.05, 3.63) is 74.9 Å². The van der Waals surface area contributed by atoms with Gasteiger partial charge in [0.2, 0.25) is 10.0 Å². The van der Waals surface area contributed by atoms with E-state index in [1.807, 2.05) is 19.1 Å². The summed E-state index contributed by atoms with van der Waals surface area (Å²) < 4.78 is 24.5. The first-order valence-corrected chi connectivity index (χ1v) is 10.0. The molecule has 1 heterocycles. The first-order chi connectivity index (χ1) is 13.6. The Kier molecular flexibility index (Phi) is 5.19. The summed E-state index contributed by atoms with van der Waals surface area (Å²) in [6.07, 6.45) is 0. The van der Waals surface area contributed by atoms with Gasteiger partial charge in [-0.15, -0.1) is 0 Å². The molecule has 10 heteroatoms. The van der Waals surface area contributed by atoms with Gasteiger partial charge in [-0.25, -0.2) is 18.7 Å². The smallest absolute Gasteiger partial charge is 0.303 e. The monoisotopic (exact) mass is 410 g/mol. The van der Waals surface area contributed by atoms with Crippen LogP contribution in [-0.2, 0) is 10.0 Å². The Hall–Kier alpha value is -3.55. The summed E-state index contributed by atoms with van der Waals surface area (Å²) in [7, 11) is -3.86. The maximum atomic E-state index is 12.8. The number of primary sulfonamides is 1. The van der Waals surface area contributed by atoms with Crippen LogP contribution in [0.1, 0.15) is 16.7 Å². The predicted octanol–water partition coefficient (Wildman–Crippen LogP) is 3.70. The molecule has 148 valence electrons. The maximum Gasteiger partial charge on any atom is 0.303 e. The normalized spacial score (nSPS) is 11.7. The van der Waals surface area contributed by atoms with Gasteiger partial charge in [0.25, 0.3) is 5.82 Å². The van der Waals surface area contributed by atoms with E-state index in [9.17, 15) is 13.2 Å². The van der Waals surface area contributed by atoms with Gasteiger partial charge in [-0.2, -0.15) is 14.9 Å². The molecule has 0 fully saturated rings. The highest BCUT2D eigenvalue weighted by molar-refractivity contribution is 7.89. The molecule has 0 radical (unpaired) electrons.